The summed E-state index contributed by atoms with van der Waals surface area (Å²) < 4.78 is 18.8. The van der Waals surface area contributed by atoms with Crippen LogP contribution in [0.4, 0.5) is 10.1 Å². The van der Waals surface area contributed by atoms with E-state index in [4.69, 9.17) is 16.3 Å². The Morgan fingerprint density at radius 3 is 2.70 bits per heavy atom. The first-order valence-electron chi connectivity index (χ1n) is 6.98. The van der Waals surface area contributed by atoms with E-state index in [-0.39, 0.29) is 23.0 Å². The smallest absolute Gasteiger partial charge is 0.340 e. The fourth-order valence-electron chi connectivity index (χ4n) is 2.27. The topological polar surface area (TPSA) is 71.2 Å². The van der Waals surface area contributed by atoms with E-state index in [2.05, 4.69) is 10.3 Å². The number of anilines is 1. The summed E-state index contributed by atoms with van der Waals surface area (Å²) in [5.74, 6) is -1.79. The van der Waals surface area contributed by atoms with Gasteiger partial charge in [-0.3, -0.25) is 4.79 Å². The van der Waals surface area contributed by atoms with Gasteiger partial charge in [-0.1, -0.05) is 17.7 Å². The van der Waals surface area contributed by atoms with Crippen LogP contribution in [0.25, 0.3) is 0 Å². The number of benzene rings is 1. The predicted molar refractivity (Wildman–Crippen MR) is 85.6 cm³/mol. The third kappa shape index (κ3) is 3.37. The van der Waals surface area contributed by atoms with Crippen LogP contribution in [-0.4, -0.2) is 23.5 Å². The highest BCUT2D eigenvalue weighted by Crippen LogP contribution is 2.24. The number of hydrogen-bond donors (Lipinski definition) is 2. The molecule has 0 bridgehead atoms. The third-order valence-corrected chi connectivity index (χ3v) is 3.64. The molecule has 23 heavy (non-hydrogen) atoms. The van der Waals surface area contributed by atoms with Crippen LogP contribution < -0.4 is 5.32 Å². The fourth-order valence-corrected chi connectivity index (χ4v) is 2.45. The number of H-pyrrole nitrogens is 1. The standard InChI is InChI=1S/C16H16ClFN2O3/c1-4-23-16(22)12-8(2)14(19-9(12)3)15(21)20-11-7-5-6-10(17)13(11)18/h5-7,19H,4H2,1-3H3,(H,20,21). The molecule has 2 N–H and O–H groups in total. The predicted octanol–water partition coefficient (Wildman–Crippen LogP) is 3.85. The first kappa shape index (κ1) is 17.0. The number of ether oxygens (including phenoxy) is 1. The minimum absolute atomic E-state index is 0.0353. The fraction of sp³-hybridized carbons (Fsp3) is 0.250. The first-order chi connectivity index (χ1) is 10.9. The zero-order valence-corrected chi connectivity index (χ0v) is 13.7. The van der Waals surface area contributed by atoms with Crippen molar-refractivity contribution in [1.82, 2.24) is 4.98 Å². The molecule has 122 valence electrons. The van der Waals surface area contributed by atoms with Crippen LogP contribution in [-0.2, 0) is 4.74 Å². The van der Waals surface area contributed by atoms with E-state index in [1.807, 2.05) is 0 Å². The van der Waals surface area contributed by atoms with Crippen molar-refractivity contribution in [3.8, 4) is 0 Å². The van der Waals surface area contributed by atoms with Crippen molar-refractivity contribution in [2.24, 2.45) is 0 Å². The van der Waals surface area contributed by atoms with E-state index >= 15 is 0 Å². The number of nitrogens with one attached hydrogen (secondary N) is 2. The molecule has 1 heterocycles. The molecule has 5 nitrogen and oxygen atoms in total. The SMILES string of the molecule is CCOC(=O)c1c(C)[nH]c(C(=O)Nc2cccc(Cl)c2F)c1C. The van der Waals surface area contributed by atoms with Gasteiger partial charge in [0.2, 0.25) is 0 Å². The third-order valence-electron chi connectivity index (χ3n) is 3.34. The monoisotopic (exact) mass is 338 g/mol. The largest absolute Gasteiger partial charge is 0.462 e. The second kappa shape index (κ2) is 6.83. The average Bonchev–Trinajstić information content (AvgIpc) is 2.79. The summed E-state index contributed by atoms with van der Waals surface area (Å²) in [7, 11) is 0. The van der Waals surface area contributed by atoms with Crippen molar-refractivity contribution in [2.75, 3.05) is 11.9 Å². The van der Waals surface area contributed by atoms with Crippen LogP contribution in [0.15, 0.2) is 18.2 Å². The van der Waals surface area contributed by atoms with Crippen molar-refractivity contribution < 1.29 is 18.7 Å². The molecule has 1 aromatic carbocycles. The zero-order valence-electron chi connectivity index (χ0n) is 12.9. The van der Waals surface area contributed by atoms with Gasteiger partial charge < -0.3 is 15.0 Å². The van der Waals surface area contributed by atoms with Crippen LogP contribution >= 0.6 is 11.6 Å². The number of aromatic amines is 1. The van der Waals surface area contributed by atoms with Crippen LogP contribution in [0.1, 0.15) is 39.0 Å². The average molecular weight is 339 g/mol. The Balaban J connectivity index is 2.32. The van der Waals surface area contributed by atoms with Gasteiger partial charge in [0, 0.05) is 5.69 Å². The molecule has 0 fully saturated rings. The number of carbonyl (C=O) groups excluding carboxylic acids is 2. The maximum absolute atomic E-state index is 13.9. The van der Waals surface area contributed by atoms with Crippen LogP contribution in [0, 0.1) is 19.7 Å². The van der Waals surface area contributed by atoms with Crippen molar-refractivity contribution in [1.29, 1.82) is 0 Å². The minimum atomic E-state index is -0.714. The van der Waals surface area contributed by atoms with Crippen molar-refractivity contribution in [2.45, 2.75) is 20.8 Å². The molecule has 1 amide bonds. The summed E-state index contributed by atoms with van der Waals surface area (Å²) >= 11 is 5.68. The van der Waals surface area contributed by atoms with Crippen LogP contribution in [0.2, 0.25) is 5.02 Å². The Bertz CT molecular complexity index is 771. The Labute approximate surface area is 137 Å². The normalized spacial score (nSPS) is 10.5. The zero-order chi connectivity index (χ0) is 17.1. The van der Waals surface area contributed by atoms with Gasteiger partial charge in [0.15, 0.2) is 5.82 Å². The minimum Gasteiger partial charge on any atom is -0.462 e. The van der Waals surface area contributed by atoms with Gasteiger partial charge in [-0.2, -0.15) is 0 Å². The highest BCUT2D eigenvalue weighted by molar-refractivity contribution is 6.31. The molecule has 0 saturated heterocycles. The summed E-state index contributed by atoms with van der Waals surface area (Å²) in [6.07, 6.45) is 0. The molecule has 0 aliphatic carbocycles. The second-order valence-corrected chi connectivity index (χ2v) is 5.31. The Kier molecular flexibility index (Phi) is 5.05. The molecule has 0 radical (unpaired) electrons. The molecule has 0 spiro atoms. The molecule has 0 aliphatic rings. The van der Waals surface area contributed by atoms with Gasteiger partial charge in [0.05, 0.1) is 22.9 Å². The second-order valence-electron chi connectivity index (χ2n) is 4.90. The number of aryl methyl sites for hydroxylation is 1. The Morgan fingerprint density at radius 2 is 2.04 bits per heavy atom. The van der Waals surface area contributed by atoms with Crippen LogP contribution in [0.5, 0.6) is 0 Å². The Morgan fingerprint density at radius 1 is 1.35 bits per heavy atom. The summed E-state index contributed by atoms with van der Waals surface area (Å²) in [5, 5.41) is 2.35. The molecule has 0 aliphatic heterocycles. The summed E-state index contributed by atoms with van der Waals surface area (Å²) in [6, 6.07) is 4.31. The lowest BCUT2D eigenvalue weighted by molar-refractivity contribution is 0.0525. The summed E-state index contributed by atoms with van der Waals surface area (Å²) in [6.45, 7) is 5.22. The lowest BCUT2D eigenvalue weighted by Gasteiger charge is -2.07. The lowest BCUT2D eigenvalue weighted by atomic mass is 10.1. The van der Waals surface area contributed by atoms with Gasteiger partial charge in [-0.25, -0.2) is 9.18 Å². The highest BCUT2D eigenvalue weighted by Gasteiger charge is 2.23. The molecule has 0 saturated carbocycles. The maximum Gasteiger partial charge on any atom is 0.340 e. The Hall–Kier alpha value is -2.34. The van der Waals surface area contributed by atoms with E-state index in [1.165, 1.54) is 18.2 Å². The molecule has 2 aromatic rings. The number of aromatic nitrogens is 1. The number of carbonyl (C=O) groups is 2. The van der Waals surface area contributed by atoms with E-state index in [9.17, 15) is 14.0 Å². The number of esters is 1. The van der Waals surface area contributed by atoms with Gasteiger partial charge in [0.1, 0.15) is 5.69 Å². The maximum atomic E-state index is 13.9. The molecule has 1 aromatic heterocycles. The molecule has 2 rings (SSSR count). The molecular weight excluding hydrogens is 323 g/mol. The van der Waals surface area contributed by atoms with Crippen molar-refractivity contribution in [3.05, 3.63) is 51.6 Å². The summed E-state index contributed by atoms with van der Waals surface area (Å²) in [5.41, 5.74) is 1.40. The summed E-state index contributed by atoms with van der Waals surface area (Å²) in [4.78, 5) is 27.1. The van der Waals surface area contributed by atoms with Crippen LogP contribution in [0.3, 0.4) is 0 Å². The van der Waals surface area contributed by atoms with Crippen molar-refractivity contribution >= 4 is 29.2 Å². The van der Waals surface area contributed by atoms with E-state index in [0.717, 1.165) is 0 Å². The van der Waals surface area contributed by atoms with E-state index < -0.39 is 17.7 Å². The number of hydrogen-bond acceptors (Lipinski definition) is 3. The van der Waals surface area contributed by atoms with E-state index in [1.54, 1.807) is 20.8 Å². The molecule has 7 heteroatoms. The number of halogens is 2. The van der Waals surface area contributed by atoms with Gasteiger partial charge in [0.25, 0.3) is 5.91 Å². The van der Waals surface area contributed by atoms with Gasteiger partial charge in [-0.15, -0.1) is 0 Å². The first-order valence-corrected chi connectivity index (χ1v) is 7.36. The molecule has 0 unspecified atom stereocenters. The van der Waals surface area contributed by atoms with Crippen molar-refractivity contribution in [3.63, 3.8) is 0 Å². The highest BCUT2D eigenvalue weighted by atomic mass is 35.5. The van der Waals surface area contributed by atoms with E-state index in [0.29, 0.717) is 16.8 Å². The van der Waals surface area contributed by atoms with Gasteiger partial charge in [-0.05, 0) is 38.5 Å². The molecular formula is C16H16ClFN2O3. The number of rotatable bonds is 4. The quantitative estimate of drug-likeness (QED) is 0.832. The lowest BCUT2D eigenvalue weighted by Crippen LogP contribution is -2.15. The molecule has 0 atom stereocenters. The van der Waals surface area contributed by atoms with Gasteiger partial charge >= 0.3 is 5.97 Å². The number of amides is 1.